The minimum absolute atomic E-state index is 0.325. The lowest BCUT2D eigenvalue weighted by Crippen LogP contribution is -2.11. The summed E-state index contributed by atoms with van der Waals surface area (Å²) in [4.78, 5) is 0. The molecule has 3 rings (SSSR count). The van der Waals surface area contributed by atoms with Gasteiger partial charge in [0.25, 0.3) is 0 Å². The molecule has 1 fully saturated rings. The zero-order valence-electron chi connectivity index (χ0n) is 11.1. The van der Waals surface area contributed by atoms with Crippen molar-refractivity contribution in [2.45, 2.75) is 31.8 Å². The van der Waals surface area contributed by atoms with Crippen LogP contribution in [0.4, 0.5) is 0 Å². The quantitative estimate of drug-likeness (QED) is 0.914. The lowest BCUT2D eigenvalue weighted by atomic mass is 10.1. The van der Waals surface area contributed by atoms with Crippen molar-refractivity contribution in [1.29, 1.82) is 0 Å². The van der Waals surface area contributed by atoms with E-state index in [4.69, 9.17) is 9.47 Å². The number of hydrogen-bond acceptors (Lipinski definition) is 3. The highest BCUT2D eigenvalue weighted by Crippen LogP contribution is 2.34. The number of hydrogen-bond donors (Lipinski definition) is 1. The molecule has 1 saturated carbocycles. The van der Waals surface area contributed by atoms with E-state index >= 15 is 0 Å². The summed E-state index contributed by atoms with van der Waals surface area (Å²) in [7, 11) is 1.67. The first-order valence-corrected chi connectivity index (χ1v) is 6.71. The third-order valence-electron chi connectivity index (χ3n) is 3.57. The fourth-order valence-electron chi connectivity index (χ4n) is 2.54. The molecule has 1 aromatic carbocycles. The molecule has 2 aromatic rings. The maximum Gasteiger partial charge on any atom is 0.162 e. The molecule has 0 spiro atoms. The SMILES string of the molecule is COc1ccc(-c2ccn[nH]2)cc1OC1CCCC1. The lowest BCUT2D eigenvalue weighted by molar-refractivity contribution is 0.201. The maximum absolute atomic E-state index is 6.08. The van der Waals surface area contributed by atoms with E-state index in [1.807, 2.05) is 24.3 Å². The van der Waals surface area contributed by atoms with Gasteiger partial charge in [-0.3, -0.25) is 5.10 Å². The van der Waals surface area contributed by atoms with Crippen LogP contribution in [0.5, 0.6) is 11.5 Å². The number of H-pyrrole nitrogens is 1. The number of methoxy groups -OCH3 is 1. The molecule has 0 unspecified atom stereocenters. The monoisotopic (exact) mass is 258 g/mol. The van der Waals surface area contributed by atoms with Gasteiger partial charge in [0, 0.05) is 11.8 Å². The topological polar surface area (TPSA) is 47.1 Å². The lowest BCUT2D eigenvalue weighted by Gasteiger charge is -2.16. The van der Waals surface area contributed by atoms with Crippen LogP contribution >= 0.6 is 0 Å². The third-order valence-corrected chi connectivity index (χ3v) is 3.57. The van der Waals surface area contributed by atoms with Crippen LogP contribution in [-0.4, -0.2) is 23.4 Å². The number of aromatic nitrogens is 2. The Balaban J connectivity index is 1.88. The van der Waals surface area contributed by atoms with Crippen molar-refractivity contribution in [3.05, 3.63) is 30.5 Å². The summed E-state index contributed by atoms with van der Waals surface area (Å²) in [5, 5.41) is 6.94. The van der Waals surface area contributed by atoms with E-state index in [-0.39, 0.29) is 0 Å². The van der Waals surface area contributed by atoms with Crippen LogP contribution in [0.15, 0.2) is 30.5 Å². The molecule has 1 aliphatic rings. The molecule has 1 N–H and O–H groups in total. The largest absolute Gasteiger partial charge is 0.493 e. The fourth-order valence-corrected chi connectivity index (χ4v) is 2.54. The molecule has 19 heavy (non-hydrogen) atoms. The van der Waals surface area contributed by atoms with Gasteiger partial charge in [-0.15, -0.1) is 0 Å². The van der Waals surface area contributed by atoms with Crippen LogP contribution in [0, 0.1) is 0 Å². The van der Waals surface area contributed by atoms with E-state index in [1.54, 1.807) is 13.3 Å². The number of benzene rings is 1. The van der Waals surface area contributed by atoms with Crippen molar-refractivity contribution in [2.24, 2.45) is 0 Å². The van der Waals surface area contributed by atoms with Crippen molar-refractivity contribution in [1.82, 2.24) is 10.2 Å². The number of nitrogens with one attached hydrogen (secondary N) is 1. The summed E-state index contributed by atoms with van der Waals surface area (Å²) in [5.74, 6) is 1.61. The predicted molar refractivity (Wildman–Crippen MR) is 73.5 cm³/mol. The summed E-state index contributed by atoms with van der Waals surface area (Å²) >= 11 is 0. The molecule has 0 aliphatic heterocycles. The smallest absolute Gasteiger partial charge is 0.162 e. The van der Waals surface area contributed by atoms with E-state index in [0.717, 1.165) is 35.6 Å². The minimum atomic E-state index is 0.325. The summed E-state index contributed by atoms with van der Waals surface area (Å²) in [6.45, 7) is 0. The average Bonchev–Trinajstić information content (AvgIpc) is 3.11. The first-order chi connectivity index (χ1) is 9.36. The van der Waals surface area contributed by atoms with Gasteiger partial charge in [-0.25, -0.2) is 0 Å². The summed E-state index contributed by atoms with van der Waals surface area (Å²) in [5.41, 5.74) is 2.05. The molecule has 0 saturated heterocycles. The van der Waals surface area contributed by atoms with Gasteiger partial charge in [-0.05, 0) is 49.9 Å². The van der Waals surface area contributed by atoms with Gasteiger partial charge < -0.3 is 9.47 Å². The van der Waals surface area contributed by atoms with Gasteiger partial charge in [0.05, 0.1) is 18.9 Å². The first kappa shape index (κ1) is 12.1. The second-order valence-electron chi connectivity index (χ2n) is 4.86. The Morgan fingerprint density at radius 2 is 2.00 bits per heavy atom. The molecule has 0 bridgehead atoms. The van der Waals surface area contributed by atoms with Crippen LogP contribution in [0.1, 0.15) is 25.7 Å². The van der Waals surface area contributed by atoms with Crippen LogP contribution in [0.3, 0.4) is 0 Å². The van der Waals surface area contributed by atoms with Crippen molar-refractivity contribution in [3.63, 3.8) is 0 Å². The number of ether oxygens (including phenoxy) is 2. The van der Waals surface area contributed by atoms with Gasteiger partial charge >= 0.3 is 0 Å². The average molecular weight is 258 g/mol. The van der Waals surface area contributed by atoms with Gasteiger partial charge in [0.1, 0.15) is 0 Å². The fraction of sp³-hybridized carbons (Fsp3) is 0.400. The van der Waals surface area contributed by atoms with E-state index in [1.165, 1.54) is 12.8 Å². The van der Waals surface area contributed by atoms with Crippen molar-refractivity contribution in [2.75, 3.05) is 7.11 Å². The van der Waals surface area contributed by atoms with Gasteiger partial charge in [-0.2, -0.15) is 5.10 Å². The molecule has 4 heteroatoms. The van der Waals surface area contributed by atoms with E-state index in [2.05, 4.69) is 10.2 Å². The summed E-state index contributed by atoms with van der Waals surface area (Å²) < 4.78 is 11.5. The Morgan fingerprint density at radius 1 is 1.16 bits per heavy atom. The van der Waals surface area contributed by atoms with Crippen LogP contribution < -0.4 is 9.47 Å². The molecule has 0 radical (unpaired) electrons. The van der Waals surface area contributed by atoms with Crippen molar-refractivity contribution in [3.8, 4) is 22.8 Å². The Kier molecular flexibility index (Phi) is 3.40. The summed E-state index contributed by atoms with van der Waals surface area (Å²) in [6.07, 6.45) is 6.86. The van der Waals surface area contributed by atoms with Crippen molar-refractivity contribution >= 4 is 0 Å². The normalized spacial score (nSPS) is 15.6. The highest BCUT2D eigenvalue weighted by Gasteiger charge is 2.18. The number of nitrogens with zero attached hydrogens (tertiary/aromatic N) is 1. The molecule has 1 aliphatic carbocycles. The van der Waals surface area contributed by atoms with E-state index in [0.29, 0.717) is 6.10 Å². The highest BCUT2D eigenvalue weighted by molar-refractivity contribution is 5.63. The highest BCUT2D eigenvalue weighted by atomic mass is 16.5. The Hall–Kier alpha value is -1.97. The Labute approximate surface area is 112 Å². The number of aromatic amines is 1. The van der Waals surface area contributed by atoms with E-state index < -0.39 is 0 Å². The van der Waals surface area contributed by atoms with Crippen LogP contribution in [0.2, 0.25) is 0 Å². The zero-order valence-corrected chi connectivity index (χ0v) is 11.1. The summed E-state index contributed by atoms with van der Waals surface area (Å²) in [6, 6.07) is 7.92. The molecular formula is C15H18N2O2. The molecule has 100 valence electrons. The first-order valence-electron chi connectivity index (χ1n) is 6.71. The van der Waals surface area contributed by atoms with Crippen LogP contribution in [0.25, 0.3) is 11.3 Å². The molecule has 4 nitrogen and oxygen atoms in total. The molecule has 1 aromatic heterocycles. The Morgan fingerprint density at radius 3 is 2.68 bits per heavy atom. The van der Waals surface area contributed by atoms with Gasteiger partial charge in [0.2, 0.25) is 0 Å². The third kappa shape index (κ3) is 2.57. The Bertz CT molecular complexity index is 531. The van der Waals surface area contributed by atoms with Gasteiger partial charge in [0.15, 0.2) is 11.5 Å². The molecule has 0 atom stereocenters. The maximum atomic E-state index is 6.08. The standard InChI is InChI=1S/C15H18N2O2/c1-18-14-7-6-11(13-8-9-16-17-13)10-15(14)19-12-4-2-3-5-12/h6-10,12H,2-5H2,1H3,(H,16,17). The van der Waals surface area contributed by atoms with Gasteiger partial charge in [-0.1, -0.05) is 0 Å². The second-order valence-corrected chi connectivity index (χ2v) is 4.86. The molecular weight excluding hydrogens is 240 g/mol. The second kappa shape index (κ2) is 5.34. The van der Waals surface area contributed by atoms with E-state index in [9.17, 15) is 0 Å². The number of rotatable bonds is 4. The molecule has 0 amide bonds. The molecule has 1 heterocycles. The van der Waals surface area contributed by atoms with Crippen LogP contribution in [-0.2, 0) is 0 Å². The van der Waals surface area contributed by atoms with Crippen molar-refractivity contribution < 1.29 is 9.47 Å². The minimum Gasteiger partial charge on any atom is -0.493 e. The zero-order chi connectivity index (χ0) is 13.1. The predicted octanol–water partition coefficient (Wildman–Crippen LogP) is 3.41.